The molecule has 2 aromatic rings. The number of carbonyl (C=O) groups excluding carboxylic acids is 2. The van der Waals surface area contributed by atoms with Gasteiger partial charge in [-0.15, -0.1) is 0 Å². The fourth-order valence-corrected chi connectivity index (χ4v) is 3.40. The molecule has 1 amide bonds. The van der Waals surface area contributed by atoms with Crippen LogP contribution in [0.25, 0.3) is 5.76 Å². The molecular weight excluding hydrogens is 350 g/mol. The van der Waals surface area contributed by atoms with Crippen LogP contribution in [-0.2, 0) is 9.59 Å². The molecule has 0 aromatic heterocycles. The predicted molar refractivity (Wildman–Crippen MR) is 102 cm³/mol. The van der Waals surface area contributed by atoms with Gasteiger partial charge in [-0.2, -0.15) is 0 Å². The first-order valence-electron chi connectivity index (χ1n) is 8.64. The zero-order valence-corrected chi connectivity index (χ0v) is 15.2. The summed E-state index contributed by atoms with van der Waals surface area (Å²) in [6.07, 6.45) is 1.69. The summed E-state index contributed by atoms with van der Waals surface area (Å²) in [4.78, 5) is 26.9. The van der Waals surface area contributed by atoms with Gasteiger partial charge in [-0.1, -0.05) is 67.4 Å². The van der Waals surface area contributed by atoms with Crippen LogP contribution in [0.15, 0.2) is 60.2 Å². The number of Topliss-reactive ketones (excluding diaryl/α,β-unsaturated/α-hetero) is 1. The summed E-state index contributed by atoms with van der Waals surface area (Å²) in [5.41, 5.74) is 1.33. The summed E-state index contributed by atoms with van der Waals surface area (Å²) in [6, 6.07) is 15.3. The average molecular weight is 370 g/mol. The van der Waals surface area contributed by atoms with E-state index >= 15 is 0 Å². The lowest BCUT2D eigenvalue weighted by molar-refractivity contribution is -0.139. The zero-order chi connectivity index (χ0) is 18.7. The van der Waals surface area contributed by atoms with Crippen molar-refractivity contribution in [3.05, 3.63) is 76.3 Å². The van der Waals surface area contributed by atoms with E-state index in [0.717, 1.165) is 18.4 Å². The van der Waals surface area contributed by atoms with Gasteiger partial charge in [0.15, 0.2) is 0 Å². The van der Waals surface area contributed by atoms with Crippen molar-refractivity contribution < 1.29 is 14.7 Å². The molecule has 26 heavy (non-hydrogen) atoms. The lowest BCUT2D eigenvalue weighted by Crippen LogP contribution is -2.30. The second-order valence-electron chi connectivity index (χ2n) is 6.27. The molecule has 3 rings (SSSR count). The molecule has 4 nitrogen and oxygen atoms in total. The lowest BCUT2D eigenvalue weighted by Gasteiger charge is -2.25. The zero-order valence-electron chi connectivity index (χ0n) is 14.5. The lowest BCUT2D eigenvalue weighted by atomic mass is 9.95. The number of rotatable bonds is 5. The third-order valence-corrected chi connectivity index (χ3v) is 4.74. The Morgan fingerprint density at radius 1 is 1.12 bits per heavy atom. The first kappa shape index (κ1) is 18.2. The highest BCUT2D eigenvalue weighted by Gasteiger charge is 2.45. The molecule has 134 valence electrons. The number of carbonyl (C=O) groups is 2. The Morgan fingerprint density at radius 2 is 1.85 bits per heavy atom. The van der Waals surface area contributed by atoms with Gasteiger partial charge in [0.2, 0.25) is 0 Å². The van der Waals surface area contributed by atoms with Crippen LogP contribution in [0.2, 0.25) is 5.02 Å². The Balaban J connectivity index is 2.16. The minimum absolute atomic E-state index is 0.111. The normalized spacial score (nSPS) is 19.2. The predicted octanol–water partition coefficient (Wildman–Crippen LogP) is 4.56. The summed E-state index contributed by atoms with van der Waals surface area (Å²) in [7, 11) is 0. The van der Waals surface area contributed by atoms with E-state index in [4.69, 9.17) is 11.6 Å². The highest BCUT2D eigenvalue weighted by Crippen LogP contribution is 2.39. The molecular formula is C21H20ClNO3. The van der Waals surface area contributed by atoms with Gasteiger partial charge in [0.25, 0.3) is 11.7 Å². The number of halogens is 1. The minimum Gasteiger partial charge on any atom is -0.507 e. The number of aliphatic hydroxyl groups is 1. The molecule has 1 saturated heterocycles. The Hall–Kier alpha value is -2.59. The van der Waals surface area contributed by atoms with Gasteiger partial charge in [0, 0.05) is 17.1 Å². The van der Waals surface area contributed by atoms with Crippen molar-refractivity contribution in [1.29, 1.82) is 0 Å². The highest BCUT2D eigenvalue weighted by atomic mass is 35.5. The maximum atomic E-state index is 12.7. The van der Waals surface area contributed by atoms with E-state index in [1.54, 1.807) is 29.2 Å². The van der Waals surface area contributed by atoms with Crippen molar-refractivity contribution >= 4 is 29.1 Å². The van der Waals surface area contributed by atoms with E-state index in [9.17, 15) is 14.7 Å². The van der Waals surface area contributed by atoms with Crippen LogP contribution in [-0.4, -0.2) is 28.2 Å². The van der Waals surface area contributed by atoms with Crippen molar-refractivity contribution in [2.24, 2.45) is 0 Å². The van der Waals surface area contributed by atoms with Gasteiger partial charge >= 0.3 is 0 Å². The summed E-state index contributed by atoms with van der Waals surface area (Å²) in [5, 5.41) is 11.3. The van der Waals surface area contributed by atoms with E-state index in [1.807, 2.05) is 37.3 Å². The first-order chi connectivity index (χ1) is 12.5. The van der Waals surface area contributed by atoms with Crippen molar-refractivity contribution in [3.8, 4) is 0 Å². The van der Waals surface area contributed by atoms with E-state index in [-0.39, 0.29) is 11.3 Å². The first-order valence-corrected chi connectivity index (χ1v) is 9.01. The van der Waals surface area contributed by atoms with E-state index in [1.165, 1.54) is 0 Å². The quantitative estimate of drug-likeness (QED) is 0.477. The largest absolute Gasteiger partial charge is 0.507 e. The third kappa shape index (κ3) is 3.37. The van der Waals surface area contributed by atoms with Gasteiger partial charge in [-0.25, -0.2) is 0 Å². The summed E-state index contributed by atoms with van der Waals surface area (Å²) in [6.45, 7) is 2.49. The van der Waals surface area contributed by atoms with Crippen LogP contribution < -0.4 is 0 Å². The number of unbranched alkanes of at least 4 members (excludes halogenated alkanes) is 1. The topological polar surface area (TPSA) is 57.6 Å². The van der Waals surface area contributed by atoms with Crippen molar-refractivity contribution in [3.63, 3.8) is 0 Å². The summed E-state index contributed by atoms with van der Waals surface area (Å²) in [5.74, 6) is -1.43. The second kappa shape index (κ2) is 7.75. The summed E-state index contributed by atoms with van der Waals surface area (Å²) >= 11 is 6.02. The highest BCUT2D eigenvalue weighted by molar-refractivity contribution is 6.46. The fourth-order valence-electron chi connectivity index (χ4n) is 3.21. The molecule has 0 radical (unpaired) electrons. The van der Waals surface area contributed by atoms with Crippen molar-refractivity contribution in [1.82, 2.24) is 4.90 Å². The van der Waals surface area contributed by atoms with E-state index in [2.05, 4.69) is 0 Å². The van der Waals surface area contributed by atoms with Crippen LogP contribution in [0, 0.1) is 0 Å². The molecule has 1 unspecified atom stereocenters. The SMILES string of the molecule is CCCCN1C(=O)C(=O)/C(=C(\O)c2cccc(Cl)c2)C1c1ccccc1. The van der Waals surface area contributed by atoms with Crippen molar-refractivity contribution in [2.75, 3.05) is 6.54 Å². The number of aliphatic hydroxyl groups excluding tert-OH is 1. The second-order valence-corrected chi connectivity index (χ2v) is 6.70. The molecule has 0 spiro atoms. The molecule has 1 fully saturated rings. The monoisotopic (exact) mass is 369 g/mol. The van der Waals surface area contributed by atoms with Crippen LogP contribution in [0.5, 0.6) is 0 Å². The number of hydrogen-bond donors (Lipinski definition) is 1. The number of likely N-dealkylation sites (tertiary alicyclic amines) is 1. The molecule has 1 N–H and O–H groups in total. The number of hydrogen-bond acceptors (Lipinski definition) is 3. The van der Waals surface area contributed by atoms with Gasteiger partial charge in [-0.05, 0) is 24.1 Å². The molecule has 1 atom stereocenters. The van der Waals surface area contributed by atoms with Gasteiger partial charge in [0.05, 0.1) is 11.6 Å². The number of benzene rings is 2. The third-order valence-electron chi connectivity index (χ3n) is 4.51. The number of nitrogens with zero attached hydrogens (tertiary/aromatic N) is 1. The molecule has 0 bridgehead atoms. The van der Waals surface area contributed by atoms with Crippen LogP contribution in [0.4, 0.5) is 0 Å². The molecule has 1 aliphatic heterocycles. The Bertz CT molecular complexity index is 861. The van der Waals surface area contributed by atoms with Crippen LogP contribution >= 0.6 is 11.6 Å². The Morgan fingerprint density at radius 3 is 2.50 bits per heavy atom. The number of ketones is 1. The Kier molecular flexibility index (Phi) is 5.43. The molecule has 0 saturated carbocycles. The standard InChI is InChI=1S/C21H20ClNO3/c1-2-3-12-23-18(14-8-5-4-6-9-14)17(20(25)21(23)26)19(24)15-10-7-11-16(22)13-15/h4-11,13,18,24H,2-3,12H2,1H3/b19-17-. The maximum absolute atomic E-state index is 12.7. The Labute approximate surface area is 157 Å². The maximum Gasteiger partial charge on any atom is 0.295 e. The molecule has 2 aromatic carbocycles. The van der Waals surface area contributed by atoms with Gasteiger partial charge in [0.1, 0.15) is 5.76 Å². The van der Waals surface area contributed by atoms with E-state index < -0.39 is 17.7 Å². The average Bonchev–Trinajstić information content (AvgIpc) is 2.91. The van der Waals surface area contributed by atoms with Gasteiger partial charge < -0.3 is 10.0 Å². The molecule has 1 heterocycles. The summed E-state index contributed by atoms with van der Waals surface area (Å²) < 4.78 is 0. The molecule has 5 heteroatoms. The number of amides is 1. The smallest absolute Gasteiger partial charge is 0.295 e. The van der Waals surface area contributed by atoms with Gasteiger partial charge in [-0.3, -0.25) is 9.59 Å². The van der Waals surface area contributed by atoms with E-state index in [0.29, 0.717) is 17.1 Å². The molecule has 0 aliphatic carbocycles. The van der Waals surface area contributed by atoms with Crippen LogP contribution in [0.1, 0.15) is 36.9 Å². The van der Waals surface area contributed by atoms with Crippen LogP contribution in [0.3, 0.4) is 0 Å². The van der Waals surface area contributed by atoms with Crippen molar-refractivity contribution in [2.45, 2.75) is 25.8 Å². The fraction of sp³-hybridized carbons (Fsp3) is 0.238. The minimum atomic E-state index is -0.660. The molecule has 1 aliphatic rings.